The van der Waals surface area contributed by atoms with Crippen molar-refractivity contribution in [2.75, 3.05) is 11.1 Å². The summed E-state index contributed by atoms with van der Waals surface area (Å²) in [6, 6.07) is 7.93. The van der Waals surface area contributed by atoms with Crippen LogP contribution in [-0.2, 0) is 13.6 Å². The van der Waals surface area contributed by atoms with Crippen molar-refractivity contribution in [1.82, 2.24) is 9.55 Å². The summed E-state index contributed by atoms with van der Waals surface area (Å²) in [5.74, 6) is 0.841. The highest BCUT2D eigenvalue weighted by Crippen LogP contribution is 2.10. The third-order valence-corrected chi connectivity index (χ3v) is 2.71. The van der Waals surface area contributed by atoms with Crippen LogP contribution in [0.2, 0.25) is 0 Å². The van der Waals surface area contributed by atoms with E-state index in [1.807, 2.05) is 12.1 Å². The van der Waals surface area contributed by atoms with Crippen molar-refractivity contribution in [1.29, 1.82) is 0 Å². The first kappa shape index (κ1) is 10.5. The van der Waals surface area contributed by atoms with Crippen LogP contribution >= 0.6 is 0 Å². The van der Waals surface area contributed by atoms with Gasteiger partial charge in [0.05, 0.1) is 18.4 Å². The van der Waals surface area contributed by atoms with E-state index < -0.39 is 0 Å². The maximum atomic E-state index is 5.57. The number of hydrogen-bond donors (Lipinski definition) is 2. The van der Waals surface area contributed by atoms with Crippen molar-refractivity contribution in [2.24, 2.45) is 7.05 Å². The molecular formula is C12H16N4. The predicted molar refractivity (Wildman–Crippen MR) is 66.1 cm³/mol. The predicted octanol–water partition coefficient (Wildman–Crippen LogP) is 1.92. The Hall–Kier alpha value is -1.97. The van der Waals surface area contributed by atoms with Crippen molar-refractivity contribution in [3.63, 3.8) is 0 Å². The lowest BCUT2D eigenvalue weighted by molar-refractivity contribution is 0.810. The number of anilines is 2. The second kappa shape index (κ2) is 4.26. The first-order chi connectivity index (χ1) is 7.66. The Kier molecular flexibility index (Phi) is 2.81. The standard InChI is InChI=1S/C12H16N4/c1-9-3-5-11(16(9)2)8-15-12-6-4-10(13)7-14-12/h3-7H,8,13H2,1-2H3,(H,14,15). The maximum absolute atomic E-state index is 5.57. The molecule has 0 atom stereocenters. The van der Waals surface area contributed by atoms with Crippen LogP contribution in [0.25, 0.3) is 0 Å². The number of aryl methyl sites for hydroxylation is 1. The minimum atomic E-state index is 0.681. The summed E-state index contributed by atoms with van der Waals surface area (Å²) in [6.07, 6.45) is 1.65. The Morgan fingerprint density at radius 2 is 2.12 bits per heavy atom. The summed E-state index contributed by atoms with van der Waals surface area (Å²) in [4.78, 5) is 4.18. The molecule has 4 heteroatoms. The minimum Gasteiger partial charge on any atom is -0.397 e. The minimum absolute atomic E-state index is 0.681. The molecule has 0 saturated heterocycles. The summed E-state index contributed by atoms with van der Waals surface area (Å²) >= 11 is 0. The molecule has 0 radical (unpaired) electrons. The van der Waals surface area contributed by atoms with Gasteiger partial charge in [-0.15, -0.1) is 0 Å². The van der Waals surface area contributed by atoms with E-state index in [1.165, 1.54) is 11.4 Å². The third-order valence-electron chi connectivity index (χ3n) is 2.71. The van der Waals surface area contributed by atoms with Gasteiger partial charge < -0.3 is 15.6 Å². The largest absolute Gasteiger partial charge is 0.397 e. The van der Waals surface area contributed by atoms with Crippen LogP contribution < -0.4 is 11.1 Å². The first-order valence-corrected chi connectivity index (χ1v) is 5.23. The molecule has 2 aromatic heterocycles. The smallest absolute Gasteiger partial charge is 0.126 e. The summed E-state index contributed by atoms with van der Waals surface area (Å²) in [5, 5.41) is 3.25. The third kappa shape index (κ3) is 2.16. The van der Waals surface area contributed by atoms with Crippen molar-refractivity contribution in [3.8, 4) is 0 Å². The summed E-state index contributed by atoms with van der Waals surface area (Å²) in [7, 11) is 2.06. The summed E-state index contributed by atoms with van der Waals surface area (Å²) in [5.41, 5.74) is 8.73. The van der Waals surface area contributed by atoms with Crippen molar-refractivity contribution in [2.45, 2.75) is 13.5 Å². The molecule has 4 nitrogen and oxygen atoms in total. The number of pyridine rings is 1. The topological polar surface area (TPSA) is 55.9 Å². The van der Waals surface area contributed by atoms with Gasteiger partial charge >= 0.3 is 0 Å². The molecular weight excluding hydrogens is 200 g/mol. The number of nitrogens with two attached hydrogens (primary N) is 1. The lowest BCUT2D eigenvalue weighted by Crippen LogP contribution is -2.06. The molecule has 0 bridgehead atoms. The summed E-state index contributed by atoms with van der Waals surface area (Å²) in [6.45, 7) is 2.85. The fourth-order valence-electron chi connectivity index (χ4n) is 1.54. The number of nitrogens with zero attached hydrogens (tertiary/aromatic N) is 2. The van der Waals surface area contributed by atoms with Crippen molar-refractivity contribution in [3.05, 3.63) is 41.9 Å². The second-order valence-electron chi connectivity index (χ2n) is 3.86. The van der Waals surface area contributed by atoms with Crippen LogP contribution in [-0.4, -0.2) is 9.55 Å². The lowest BCUT2D eigenvalue weighted by Gasteiger charge is -2.07. The molecule has 2 aromatic rings. The van der Waals surface area contributed by atoms with Gasteiger partial charge in [0.2, 0.25) is 0 Å². The molecule has 0 aliphatic carbocycles. The zero-order valence-corrected chi connectivity index (χ0v) is 9.57. The second-order valence-corrected chi connectivity index (χ2v) is 3.86. The van der Waals surface area contributed by atoms with E-state index in [-0.39, 0.29) is 0 Å². The van der Waals surface area contributed by atoms with E-state index in [0.29, 0.717) is 5.69 Å². The van der Waals surface area contributed by atoms with E-state index in [9.17, 15) is 0 Å². The SMILES string of the molecule is Cc1ccc(CNc2ccc(N)cn2)n1C. The van der Waals surface area contributed by atoms with Gasteiger partial charge in [-0.2, -0.15) is 0 Å². The monoisotopic (exact) mass is 216 g/mol. The molecule has 0 aromatic carbocycles. The molecule has 84 valence electrons. The van der Waals surface area contributed by atoms with Crippen LogP contribution in [0.15, 0.2) is 30.5 Å². The average Bonchev–Trinajstić information content (AvgIpc) is 2.60. The maximum Gasteiger partial charge on any atom is 0.126 e. The Morgan fingerprint density at radius 3 is 2.69 bits per heavy atom. The normalized spacial score (nSPS) is 10.4. The molecule has 3 N–H and O–H groups in total. The van der Waals surface area contributed by atoms with Gasteiger partial charge in [0, 0.05) is 18.4 Å². The fourth-order valence-corrected chi connectivity index (χ4v) is 1.54. The van der Waals surface area contributed by atoms with E-state index in [0.717, 1.165) is 12.4 Å². The molecule has 0 unspecified atom stereocenters. The van der Waals surface area contributed by atoms with Crippen LogP contribution in [0.3, 0.4) is 0 Å². The first-order valence-electron chi connectivity index (χ1n) is 5.23. The van der Waals surface area contributed by atoms with E-state index in [4.69, 9.17) is 5.73 Å². The Balaban J connectivity index is 2.02. The van der Waals surface area contributed by atoms with Gasteiger partial charge in [-0.05, 0) is 31.2 Å². The molecule has 0 spiro atoms. The molecule has 0 saturated carbocycles. The summed E-state index contributed by atoms with van der Waals surface area (Å²) < 4.78 is 2.16. The van der Waals surface area contributed by atoms with E-state index in [2.05, 4.69) is 41.0 Å². The van der Waals surface area contributed by atoms with Crippen LogP contribution in [0.1, 0.15) is 11.4 Å². The van der Waals surface area contributed by atoms with E-state index >= 15 is 0 Å². The molecule has 0 fully saturated rings. The zero-order chi connectivity index (χ0) is 11.5. The molecule has 0 amide bonds. The highest BCUT2D eigenvalue weighted by atomic mass is 15.0. The molecule has 2 heterocycles. The average molecular weight is 216 g/mol. The van der Waals surface area contributed by atoms with E-state index in [1.54, 1.807) is 6.20 Å². The quantitative estimate of drug-likeness (QED) is 0.824. The Morgan fingerprint density at radius 1 is 1.31 bits per heavy atom. The number of hydrogen-bond acceptors (Lipinski definition) is 3. The van der Waals surface area contributed by atoms with Crippen LogP contribution in [0, 0.1) is 6.92 Å². The van der Waals surface area contributed by atoms with Crippen LogP contribution in [0.5, 0.6) is 0 Å². The van der Waals surface area contributed by atoms with Gasteiger partial charge in [-0.25, -0.2) is 4.98 Å². The molecule has 0 aliphatic rings. The van der Waals surface area contributed by atoms with Gasteiger partial charge in [0.15, 0.2) is 0 Å². The van der Waals surface area contributed by atoms with Gasteiger partial charge in [-0.1, -0.05) is 0 Å². The van der Waals surface area contributed by atoms with Crippen molar-refractivity contribution < 1.29 is 0 Å². The highest BCUT2D eigenvalue weighted by molar-refractivity contribution is 5.43. The van der Waals surface area contributed by atoms with Crippen molar-refractivity contribution >= 4 is 11.5 Å². The zero-order valence-electron chi connectivity index (χ0n) is 9.57. The highest BCUT2D eigenvalue weighted by Gasteiger charge is 2.00. The number of nitrogen functional groups attached to an aromatic ring is 1. The van der Waals surface area contributed by atoms with Gasteiger partial charge in [0.25, 0.3) is 0 Å². The lowest BCUT2D eigenvalue weighted by atomic mass is 10.4. The van der Waals surface area contributed by atoms with Gasteiger partial charge in [-0.3, -0.25) is 0 Å². The van der Waals surface area contributed by atoms with Gasteiger partial charge in [0.1, 0.15) is 5.82 Å². The number of rotatable bonds is 3. The Bertz CT molecular complexity index is 470. The molecule has 2 rings (SSSR count). The number of aromatic nitrogens is 2. The fraction of sp³-hybridized carbons (Fsp3) is 0.250. The molecule has 0 aliphatic heterocycles. The molecule has 16 heavy (non-hydrogen) atoms. The number of nitrogens with one attached hydrogen (secondary N) is 1. The Labute approximate surface area is 95.1 Å². The van der Waals surface area contributed by atoms with Crippen LogP contribution in [0.4, 0.5) is 11.5 Å².